The lowest BCUT2D eigenvalue weighted by Crippen LogP contribution is -2.42. The Balaban J connectivity index is 1.85. The molecule has 3 rings (SSSR count). The van der Waals surface area contributed by atoms with Crippen LogP contribution in [0.25, 0.3) is 0 Å². The van der Waals surface area contributed by atoms with E-state index in [0.29, 0.717) is 18.8 Å². The second-order valence-corrected chi connectivity index (χ2v) is 8.20. The minimum atomic E-state index is -0.769. The highest BCUT2D eigenvalue weighted by Crippen LogP contribution is 2.47. The first-order valence-corrected chi connectivity index (χ1v) is 9.23. The molecule has 1 aromatic rings. The number of methoxy groups -OCH3 is 1. The van der Waals surface area contributed by atoms with E-state index in [1.165, 1.54) is 7.11 Å². The molecule has 2 saturated heterocycles. The molecule has 0 spiro atoms. The monoisotopic (exact) mass is 379 g/mol. The SMILES string of the molecule is COc1ccc([C@@H]2CN(C(=O)[C@H]3COC(C)(C)O3)C[C@@]2(C)[C@@H](C)O)cc1O. The van der Waals surface area contributed by atoms with Gasteiger partial charge >= 0.3 is 0 Å². The van der Waals surface area contributed by atoms with Crippen LogP contribution in [0.15, 0.2) is 18.2 Å². The Bertz CT molecular complexity index is 718. The molecule has 2 fully saturated rings. The zero-order chi connectivity index (χ0) is 20.0. The number of aliphatic hydroxyl groups excluding tert-OH is 1. The number of carbonyl (C=O) groups is 1. The van der Waals surface area contributed by atoms with Crippen LogP contribution < -0.4 is 4.74 Å². The van der Waals surface area contributed by atoms with Gasteiger partial charge < -0.3 is 29.3 Å². The van der Waals surface area contributed by atoms with Gasteiger partial charge in [-0.1, -0.05) is 13.0 Å². The summed E-state index contributed by atoms with van der Waals surface area (Å²) in [7, 11) is 1.50. The fourth-order valence-corrected chi connectivity index (χ4v) is 4.03. The van der Waals surface area contributed by atoms with Crippen molar-refractivity contribution in [3.63, 3.8) is 0 Å². The fraction of sp³-hybridized carbons (Fsp3) is 0.650. The van der Waals surface area contributed by atoms with Gasteiger partial charge in [0.1, 0.15) is 0 Å². The maximum atomic E-state index is 13.0. The van der Waals surface area contributed by atoms with E-state index in [1.54, 1.807) is 37.8 Å². The average molecular weight is 379 g/mol. The predicted octanol–water partition coefficient (Wildman–Crippen LogP) is 1.87. The summed E-state index contributed by atoms with van der Waals surface area (Å²) in [6, 6.07) is 5.22. The fourth-order valence-electron chi connectivity index (χ4n) is 4.03. The molecule has 0 aliphatic carbocycles. The summed E-state index contributed by atoms with van der Waals surface area (Å²) in [5.41, 5.74) is 0.307. The van der Waals surface area contributed by atoms with Gasteiger partial charge in [0.05, 0.1) is 19.8 Å². The summed E-state index contributed by atoms with van der Waals surface area (Å²) >= 11 is 0. The van der Waals surface area contributed by atoms with Gasteiger partial charge in [0.15, 0.2) is 23.4 Å². The van der Waals surface area contributed by atoms with Crippen molar-refractivity contribution in [3.05, 3.63) is 23.8 Å². The molecular formula is C20H29NO6. The van der Waals surface area contributed by atoms with E-state index in [0.717, 1.165) is 5.56 Å². The highest BCUT2D eigenvalue weighted by Gasteiger charge is 2.50. The first kappa shape index (κ1) is 19.9. The number of aromatic hydroxyl groups is 1. The van der Waals surface area contributed by atoms with Crippen molar-refractivity contribution in [2.75, 3.05) is 26.8 Å². The van der Waals surface area contributed by atoms with Crippen LogP contribution in [0.4, 0.5) is 0 Å². The summed E-state index contributed by atoms with van der Waals surface area (Å²) in [5.74, 6) is -0.597. The number of nitrogens with zero attached hydrogens (tertiary/aromatic N) is 1. The van der Waals surface area contributed by atoms with Gasteiger partial charge in [-0.3, -0.25) is 4.79 Å². The molecule has 0 aromatic heterocycles. The number of rotatable bonds is 4. The maximum Gasteiger partial charge on any atom is 0.254 e. The van der Waals surface area contributed by atoms with Crippen LogP contribution in [-0.4, -0.2) is 65.8 Å². The topological polar surface area (TPSA) is 88.5 Å². The molecule has 7 nitrogen and oxygen atoms in total. The second-order valence-electron chi connectivity index (χ2n) is 8.20. The Morgan fingerprint density at radius 2 is 2.07 bits per heavy atom. The largest absolute Gasteiger partial charge is 0.504 e. The van der Waals surface area contributed by atoms with Gasteiger partial charge in [0, 0.05) is 24.4 Å². The van der Waals surface area contributed by atoms with Crippen LogP contribution in [0.2, 0.25) is 0 Å². The zero-order valence-electron chi connectivity index (χ0n) is 16.6. The Hall–Kier alpha value is -1.83. The van der Waals surface area contributed by atoms with Gasteiger partial charge in [0.2, 0.25) is 0 Å². The van der Waals surface area contributed by atoms with Gasteiger partial charge in [-0.15, -0.1) is 0 Å². The smallest absolute Gasteiger partial charge is 0.254 e. The highest BCUT2D eigenvalue weighted by atomic mass is 16.7. The van der Waals surface area contributed by atoms with Crippen LogP contribution in [0.1, 0.15) is 39.2 Å². The Labute approximate surface area is 159 Å². The van der Waals surface area contributed by atoms with Crippen molar-refractivity contribution in [3.8, 4) is 11.5 Å². The summed E-state index contributed by atoms with van der Waals surface area (Å²) in [4.78, 5) is 14.7. The van der Waals surface area contributed by atoms with Gasteiger partial charge in [-0.2, -0.15) is 0 Å². The number of hydrogen-bond acceptors (Lipinski definition) is 6. The number of likely N-dealkylation sites (tertiary alicyclic amines) is 1. The highest BCUT2D eigenvalue weighted by molar-refractivity contribution is 5.82. The molecule has 2 N–H and O–H groups in total. The first-order valence-electron chi connectivity index (χ1n) is 9.23. The molecule has 27 heavy (non-hydrogen) atoms. The standard InChI is InChI=1S/C20H29NO6/c1-12(22)20(4)11-21(18(24)17-10-26-19(2,3)27-17)9-14(20)13-6-7-16(25-5)15(23)8-13/h6-8,12,14,17,22-23H,9-11H2,1-5H3/t12-,14+,17-,20+/m1/s1. The number of hydrogen-bond donors (Lipinski definition) is 2. The molecular weight excluding hydrogens is 350 g/mol. The Morgan fingerprint density at radius 3 is 2.59 bits per heavy atom. The van der Waals surface area contributed by atoms with Crippen molar-refractivity contribution < 1.29 is 29.2 Å². The molecule has 2 aliphatic heterocycles. The van der Waals surface area contributed by atoms with Crippen molar-refractivity contribution in [1.29, 1.82) is 0 Å². The molecule has 1 amide bonds. The average Bonchev–Trinajstić information content (AvgIpc) is 3.15. The number of aliphatic hydroxyl groups is 1. The second kappa shape index (κ2) is 6.96. The number of carbonyl (C=O) groups excluding carboxylic acids is 1. The van der Waals surface area contributed by atoms with E-state index in [1.807, 2.05) is 13.0 Å². The predicted molar refractivity (Wildman–Crippen MR) is 98.7 cm³/mol. The molecule has 7 heteroatoms. The maximum absolute atomic E-state index is 13.0. The summed E-state index contributed by atoms with van der Waals surface area (Å²) in [6.45, 7) is 8.34. The van der Waals surface area contributed by atoms with Crippen LogP contribution in [0, 0.1) is 5.41 Å². The van der Waals surface area contributed by atoms with E-state index in [2.05, 4.69) is 0 Å². The van der Waals surface area contributed by atoms with Crippen LogP contribution in [0.3, 0.4) is 0 Å². The summed E-state index contributed by atoms with van der Waals surface area (Å²) in [5, 5.41) is 20.6. The normalized spacial score (nSPS) is 31.1. The molecule has 0 bridgehead atoms. The van der Waals surface area contributed by atoms with Crippen molar-refractivity contribution in [1.82, 2.24) is 4.90 Å². The molecule has 0 radical (unpaired) electrons. The van der Waals surface area contributed by atoms with Gasteiger partial charge in [-0.25, -0.2) is 0 Å². The number of amides is 1. The lowest BCUT2D eigenvalue weighted by molar-refractivity contribution is -0.159. The third-order valence-electron chi connectivity index (χ3n) is 5.89. The van der Waals surface area contributed by atoms with Crippen molar-refractivity contribution >= 4 is 5.91 Å². The minimum Gasteiger partial charge on any atom is -0.504 e. The first-order chi connectivity index (χ1) is 12.6. The number of ether oxygens (including phenoxy) is 3. The minimum absolute atomic E-state index is 0.0435. The molecule has 150 valence electrons. The molecule has 1 aromatic carbocycles. The number of phenols is 1. The Morgan fingerprint density at radius 1 is 1.37 bits per heavy atom. The van der Waals surface area contributed by atoms with E-state index in [-0.39, 0.29) is 24.2 Å². The van der Waals surface area contributed by atoms with E-state index in [9.17, 15) is 15.0 Å². The third kappa shape index (κ3) is 3.63. The van der Waals surface area contributed by atoms with Crippen LogP contribution in [-0.2, 0) is 14.3 Å². The van der Waals surface area contributed by atoms with E-state index < -0.39 is 23.4 Å². The van der Waals surface area contributed by atoms with Crippen LogP contribution >= 0.6 is 0 Å². The number of phenolic OH excluding ortho intramolecular Hbond substituents is 1. The van der Waals surface area contributed by atoms with Gasteiger partial charge in [-0.05, 0) is 38.5 Å². The molecule has 0 saturated carbocycles. The molecule has 2 aliphatic rings. The summed E-state index contributed by atoms with van der Waals surface area (Å²) < 4.78 is 16.3. The summed E-state index contributed by atoms with van der Waals surface area (Å²) in [6.07, 6.45) is -1.27. The van der Waals surface area contributed by atoms with E-state index >= 15 is 0 Å². The van der Waals surface area contributed by atoms with E-state index in [4.69, 9.17) is 14.2 Å². The molecule has 0 unspecified atom stereocenters. The lowest BCUT2D eigenvalue weighted by atomic mass is 9.72. The van der Waals surface area contributed by atoms with Crippen molar-refractivity contribution in [2.24, 2.45) is 5.41 Å². The quantitative estimate of drug-likeness (QED) is 0.830. The Kier molecular flexibility index (Phi) is 5.14. The molecule has 4 atom stereocenters. The lowest BCUT2D eigenvalue weighted by Gasteiger charge is -2.33. The number of benzene rings is 1. The van der Waals surface area contributed by atoms with Gasteiger partial charge in [0.25, 0.3) is 5.91 Å². The van der Waals surface area contributed by atoms with Crippen LogP contribution in [0.5, 0.6) is 11.5 Å². The third-order valence-corrected chi connectivity index (χ3v) is 5.89. The molecule has 2 heterocycles. The zero-order valence-corrected chi connectivity index (χ0v) is 16.6. The van der Waals surface area contributed by atoms with Crippen molar-refractivity contribution in [2.45, 2.75) is 51.6 Å².